The maximum atomic E-state index is 12.0. The molecule has 1 aromatic carbocycles. The van der Waals surface area contributed by atoms with Crippen molar-refractivity contribution < 1.29 is 13.5 Å². The number of rotatable bonds is 6. The van der Waals surface area contributed by atoms with Gasteiger partial charge in [-0.1, -0.05) is 28.1 Å². The Morgan fingerprint density at radius 2 is 2.00 bits per heavy atom. The first-order valence-corrected chi connectivity index (χ1v) is 7.60. The van der Waals surface area contributed by atoms with E-state index in [1.807, 2.05) is 24.3 Å². The van der Waals surface area contributed by atoms with Crippen LogP contribution in [0.15, 0.2) is 28.7 Å². The average molecular weight is 337 g/mol. The molecule has 0 radical (unpaired) electrons. The molecule has 0 fully saturated rings. The second-order valence-electron chi connectivity index (χ2n) is 3.98. The van der Waals surface area contributed by atoms with Gasteiger partial charge in [0.05, 0.1) is 6.61 Å². The van der Waals surface area contributed by atoms with Gasteiger partial charge in [-0.3, -0.25) is 0 Å². The van der Waals surface area contributed by atoms with Gasteiger partial charge in [-0.2, -0.15) is 17.0 Å². The van der Waals surface area contributed by atoms with Crippen molar-refractivity contribution in [2.24, 2.45) is 0 Å². The van der Waals surface area contributed by atoms with Crippen molar-refractivity contribution in [2.75, 3.05) is 27.2 Å². The summed E-state index contributed by atoms with van der Waals surface area (Å²) in [6.07, 6.45) is 0. The molecular weight excluding hydrogens is 320 g/mol. The molecule has 1 N–H and O–H groups in total. The summed E-state index contributed by atoms with van der Waals surface area (Å²) in [7, 11) is -0.575. The van der Waals surface area contributed by atoms with Gasteiger partial charge in [0, 0.05) is 31.7 Å². The Morgan fingerprint density at radius 3 is 2.50 bits per heavy atom. The predicted molar refractivity (Wildman–Crippen MR) is 74.2 cm³/mol. The van der Waals surface area contributed by atoms with Gasteiger partial charge in [-0.15, -0.1) is 0 Å². The highest BCUT2D eigenvalue weighted by Crippen LogP contribution is 2.15. The van der Waals surface area contributed by atoms with E-state index >= 15 is 0 Å². The topological polar surface area (TPSA) is 60.9 Å². The molecule has 7 heteroatoms. The van der Waals surface area contributed by atoms with Crippen molar-refractivity contribution in [3.8, 4) is 0 Å². The summed E-state index contributed by atoms with van der Waals surface area (Å²) in [6, 6.07) is 7.43. The number of aliphatic hydroxyl groups excluding tert-OH is 1. The van der Waals surface area contributed by atoms with Crippen molar-refractivity contribution in [2.45, 2.75) is 6.54 Å². The lowest BCUT2D eigenvalue weighted by Gasteiger charge is -2.24. The predicted octanol–water partition coefficient (Wildman–Crippen LogP) is 1.05. The minimum absolute atomic E-state index is 0.0764. The molecule has 0 heterocycles. The van der Waals surface area contributed by atoms with E-state index in [1.54, 1.807) is 0 Å². The van der Waals surface area contributed by atoms with Gasteiger partial charge in [0.2, 0.25) is 0 Å². The van der Waals surface area contributed by atoms with Crippen LogP contribution in [0, 0.1) is 0 Å². The largest absolute Gasteiger partial charge is 0.395 e. The molecule has 1 aromatic rings. The molecule has 0 aliphatic rings. The number of aliphatic hydroxyl groups is 1. The molecule has 102 valence electrons. The zero-order valence-corrected chi connectivity index (χ0v) is 12.8. The van der Waals surface area contributed by atoms with Gasteiger partial charge < -0.3 is 5.11 Å². The molecule has 18 heavy (non-hydrogen) atoms. The van der Waals surface area contributed by atoms with E-state index in [9.17, 15) is 8.42 Å². The average Bonchev–Trinajstić information content (AvgIpc) is 2.28. The van der Waals surface area contributed by atoms with E-state index in [2.05, 4.69) is 15.9 Å². The van der Waals surface area contributed by atoms with Gasteiger partial charge >= 0.3 is 0 Å². The monoisotopic (exact) mass is 336 g/mol. The van der Waals surface area contributed by atoms with Gasteiger partial charge in [0.15, 0.2) is 0 Å². The molecule has 0 saturated heterocycles. The molecule has 1 rings (SSSR count). The molecule has 0 spiro atoms. The fourth-order valence-electron chi connectivity index (χ4n) is 1.46. The third-order valence-electron chi connectivity index (χ3n) is 2.39. The first kappa shape index (κ1) is 15.6. The molecule has 0 aromatic heterocycles. The summed E-state index contributed by atoms with van der Waals surface area (Å²) in [5.41, 5.74) is 0.864. The van der Waals surface area contributed by atoms with Crippen LogP contribution in [0.25, 0.3) is 0 Å². The summed E-state index contributed by atoms with van der Waals surface area (Å²) < 4.78 is 27.4. The molecule has 0 saturated carbocycles. The first-order chi connectivity index (χ1) is 8.37. The van der Waals surface area contributed by atoms with Crippen molar-refractivity contribution in [3.63, 3.8) is 0 Å². The standard InChI is InChI=1S/C11H17BrN2O3S/c1-13(2)18(16,17)14(6-7-15)9-10-4-3-5-11(12)8-10/h3-5,8,15H,6-7,9H2,1-2H3. The zero-order valence-electron chi connectivity index (χ0n) is 10.4. The Morgan fingerprint density at radius 1 is 1.33 bits per heavy atom. The van der Waals surface area contributed by atoms with Crippen molar-refractivity contribution in [1.82, 2.24) is 8.61 Å². The van der Waals surface area contributed by atoms with Gasteiger partial charge in [0.25, 0.3) is 10.2 Å². The van der Waals surface area contributed by atoms with Crippen LogP contribution < -0.4 is 0 Å². The van der Waals surface area contributed by atoms with Crippen molar-refractivity contribution in [3.05, 3.63) is 34.3 Å². The highest BCUT2D eigenvalue weighted by molar-refractivity contribution is 9.10. The van der Waals surface area contributed by atoms with Gasteiger partial charge in [-0.25, -0.2) is 0 Å². The summed E-state index contributed by atoms with van der Waals surface area (Å²) in [6.45, 7) is 0.106. The SMILES string of the molecule is CN(C)S(=O)(=O)N(CCO)Cc1cccc(Br)c1. The molecule has 5 nitrogen and oxygen atoms in total. The normalized spacial score (nSPS) is 12.3. The Hall–Kier alpha value is -0.470. The fourth-order valence-corrected chi connectivity index (χ4v) is 2.99. The Bertz CT molecular complexity index is 491. The van der Waals surface area contributed by atoms with Crippen LogP contribution in [0.2, 0.25) is 0 Å². The zero-order chi connectivity index (χ0) is 13.8. The first-order valence-electron chi connectivity index (χ1n) is 5.41. The van der Waals surface area contributed by atoms with Crippen molar-refractivity contribution in [1.29, 1.82) is 0 Å². The summed E-state index contributed by atoms with van der Waals surface area (Å²) in [5.74, 6) is 0. The molecule has 0 aliphatic heterocycles. The molecule has 0 atom stereocenters. The third-order valence-corrected chi connectivity index (χ3v) is 4.77. The van der Waals surface area contributed by atoms with Crippen molar-refractivity contribution >= 4 is 26.1 Å². The van der Waals surface area contributed by atoms with Crippen LogP contribution in [0.3, 0.4) is 0 Å². The van der Waals surface area contributed by atoms with E-state index in [0.717, 1.165) is 14.3 Å². The minimum atomic E-state index is -3.52. The molecular formula is C11H17BrN2O3S. The van der Waals surface area contributed by atoms with E-state index in [1.165, 1.54) is 18.4 Å². The number of benzene rings is 1. The van der Waals surface area contributed by atoms with E-state index < -0.39 is 10.2 Å². The van der Waals surface area contributed by atoms with Crippen LogP contribution >= 0.6 is 15.9 Å². The highest BCUT2D eigenvalue weighted by atomic mass is 79.9. The molecule has 0 amide bonds. The fraction of sp³-hybridized carbons (Fsp3) is 0.455. The maximum Gasteiger partial charge on any atom is 0.281 e. The molecule has 0 bridgehead atoms. The summed E-state index contributed by atoms with van der Waals surface area (Å²) >= 11 is 3.34. The highest BCUT2D eigenvalue weighted by Gasteiger charge is 2.24. The number of hydrogen-bond donors (Lipinski definition) is 1. The second-order valence-corrected chi connectivity index (χ2v) is 7.04. The van der Waals surface area contributed by atoms with Crippen LogP contribution in [0.4, 0.5) is 0 Å². The van der Waals surface area contributed by atoms with Crippen LogP contribution in [0.1, 0.15) is 5.56 Å². The summed E-state index contributed by atoms with van der Waals surface area (Å²) in [4.78, 5) is 0. The van der Waals surface area contributed by atoms with E-state index in [0.29, 0.717) is 0 Å². The van der Waals surface area contributed by atoms with Gasteiger partial charge in [-0.05, 0) is 17.7 Å². The Balaban J connectivity index is 2.94. The smallest absolute Gasteiger partial charge is 0.281 e. The van der Waals surface area contributed by atoms with Crippen LogP contribution in [0.5, 0.6) is 0 Å². The number of hydrogen-bond acceptors (Lipinski definition) is 3. The van der Waals surface area contributed by atoms with Gasteiger partial charge in [0.1, 0.15) is 0 Å². The summed E-state index contributed by atoms with van der Waals surface area (Å²) in [5, 5.41) is 8.98. The third kappa shape index (κ3) is 4.03. The van der Waals surface area contributed by atoms with E-state index in [4.69, 9.17) is 5.11 Å². The molecule has 0 unspecified atom stereocenters. The molecule has 0 aliphatic carbocycles. The minimum Gasteiger partial charge on any atom is -0.395 e. The second kappa shape index (κ2) is 6.63. The van der Waals surface area contributed by atoms with Crippen LogP contribution in [-0.4, -0.2) is 49.4 Å². The Labute approximate surface area is 116 Å². The Kier molecular flexibility index (Phi) is 5.74. The van der Waals surface area contributed by atoms with E-state index in [-0.39, 0.29) is 19.7 Å². The quantitative estimate of drug-likeness (QED) is 0.844. The number of nitrogens with zero attached hydrogens (tertiary/aromatic N) is 2. The lowest BCUT2D eigenvalue weighted by atomic mass is 10.2. The van der Waals surface area contributed by atoms with Crippen LogP contribution in [-0.2, 0) is 16.8 Å². The lowest BCUT2D eigenvalue weighted by molar-refractivity contribution is 0.245. The number of halogens is 1. The maximum absolute atomic E-state index is 12.0. The lowest BCUT2D eigenvalue weighted by Crippen LogP contribution is -2.41.